The standard InChI is InChI=1S/C16H20N2/c1-3-17-13(2)12-14-7-9-15(10-8-14)16-6-4-5-11-18-16/h4-11,13,17H,3,12H2,1-2H3. The smallest absolute Gasteiger partial charge is 0.0701 e. The summed E-state index contributed by atoms with van der Waals surface area (Å²) >= 11 is 0. The molecule has 1 aromatic heterocycles. The Kier molecular flexibility index (Phi) is 4.48. The Morgan fingerprint density at radius 2 is 1.89 bits per heavy atom. The van der Waals surface area contributed by atoms with Crippen molar-refractivity contribution in [3.05, 3.63) is 54.2 Å². The number of rotatable bonds is 5. The number of nitrogens with one attached hydrogen (secondary N) is 1. The molecule has 0 saturated carbocycles. The van der Waals surface area contributed by atoms with Crippen molar-refractivity contribution in [1.29, 1.82) is 0 Å². The maximum Gasteiger partial charge on any atom is 0.0701 e. The molecule has 2 rings (SSSR count). The van der Waals surface area contributed by atoms with Crippen LogP contribution in [0, 0.1) is 0 Å². The van der Waals surface area contributed by atoms with E-state index in [4.69, 9.17) is 0 Å². The van der Waals surface area contributed by atoms with E-state index in [0.717, 1.165) is 18.7 Å². The van der Waals surface area contributed by atoms with Crippen LogP contribution in [0.2, 0.25) is 0 Å². The van der Waals surface area contributed by atoms with Crippen LogP contribution in [0.5, 0.6) is 0 Å². The van der Waals surface area contributed by atoms with Crippen LogP contribution in [-0.4, -0.2) is 17.6 Å². The van der Waals surface area contributed by atoms with Crippen molar-refractivity contribution in [2.45, 2.75) is 26.3 Å². The molecule has 0 bridgehead atoms. The molecule has 2 aromatic rings. The van der Waals surface area contributed by atoms with Crippen molar-refractivity contribution in [3.63, 3.8) is 0 Å². The van der Waals surface area contributed by atoms with Crippen molar-refractivity contribution in [3.8, 4) is 11.3 Å². The van der Waals surface area contributed by atoms with Gasteiger partial charge in [0, 0.05) is 17.8 Å². The molecule has 0 aliphatic rings. The van der Waals surface area contributed by atoms with E-state index in [1.165, 1.54) is 11.1 Å². The molecule has 2 nitrogen and oxygen atoms in total. The van der Waals surface area contributed by atoms with Gasteiger partial charge in [-0.1, -0.05) is 37.3 Å². The van der Waals surface area contributed by atoms with Crippen LogP contribution in [0.3, 0.4) is 0 Å². The normalized spacial score (nSPS) is 12.3. The molecule has 94 valence electrons. The summed E-state index contributed by atoms with van der Waals surface area (Å²) in [6, 6.07) is 15.2. The molecule has 2 heteroatoms. The number of benzene rings is 1. The van der Waals surface area contributed by atoms with Crippen LogP contribution in [0.4, 0.5) is 0 Å². The molecule has 1 unspecified atom stereocenters. The van der Waals surface area contributed by atoms with Gasteiger partial charge in [-0.15, -0.1) is 0 Å². The monoisotopic (exact) mass is 240 g/mol. The third kappa shape index (κ3) is 3.41. The predicted molar refractivity (Wildman–Crippen MR) is 76.5 cm³/mol. The van der Waals surface area contributed by atoms with E-state index in [9.17, 15) is 0 Å². The number of likely N-dealkylation sites (N-methyl/N-ethyl adjacent to an activating group) is 1. The van der Waals surface area contributed by atoms with Gasteiger partial charge in [0.05, 0.1) is 5.69 Å². The van der Waals surface area contributed by atoms with Crippen molar-refractivity contribution >= 4 is 0 Å². The molecule has 1 heterocycles. The minimum atomic E-state index is 0.524. The zero-order chi connectivity index (χ0) is 12.8. The maximum absolute atomic E-state index is 4.36. The average molecular weight is 240 g/mol. The van der Waals surface area contributed by atoms with E-state index in [1.54, 1.807) is 0 Å². The van der Waals surface area contributed by atoms with Crippen LogP contribution < -0.4 is 5.32 Å². The van der Waals surface area contributed by atoms with Crippen LogP contribution in [0.1, 0.15) is 19.4 Å². The summed E-state index contributed by atoms with van der Waals surface area (Å²) in [7, 11) is 0. The van der Waals surface area contributed by atoms with Gasteiger partial charge in [-0.05, 0) is 37.6 Å². The van der Waals surface area contributed by atoms with Crippen LogP contribution >= 0.6 is 0 Å². The van der Waals surface area contributed by atoms with Crippen LogP contribution in [0.15, 0.2) is 48.7 Å². The minimum absolute atomic E-state index is 0.524. The topological polar surface area (TPSA) is 24.9 Å². The first-order chi connectivity index (χ1) is 8.79. The zero-order valence-corrected chi connectivity index (χ0v) is 11.1. The van der Waals surface area contributed by atoms with Gasteiger partial charge in [-0.2, -0.15) is 0 Å². The number of aromatic nitrogens is 1. The fraction of sp³-hybridized carbons (Fsp3) is 0.312. The van der Waals surface area contributed by atoms with Crippen molar-refractivity contribution in [2.24, 2.45) is 0 Å². The Bertz CT molecular complexity index is 462. The molecule has 0 radical (unpaired) electrons. The van der Waals surface area contributed by atoms with Gasteiger partial charge in [0.1, 0.15) is 0 Å². The summed E-state index contributed by atoms with van der Waals surface area (Å²) in [5, 5.41) is 3.43. The largest absolute Gasteiger partial charge is 0.314 e. The van der Waals surface area contributed by atoms with Crippen molar-refractivity contribution in [2.75, 3.05) is 6.54 Å². The van der Waals surface area contributed by atoms with Gasteiger partial charge in [-0.25, -0.2) is 0 Å². The van der Waals surface area contributed by atoms with E-state index >= 15 is 0 Å². The van der Waals surface area contributed by atoms with Crippen LogP contribution in [0.25, 0.3) is 11.3 Å². The molecule has 1 N–H and O–H groups in total. The highest BCUT2D eigenvalue weighted by Crippen LogP contribution is 2.17. The third-order valence-electron chi connectivity index (χ3n) is 3.01. The second-order valence-electron chi connectivity index (χ2n) is 4.57. The van der Waals surface area contributed by atoms with Gasteiger partial charge in [0.25, 0.3) is 0 Å². The first-order valence-corrected chi connectivity index (χ1v) is 6.53. The van der Waals surface area contributed by atoms with Gasteiger partial charge in [0.2, 0.25) is 0 Å². The molecule has 18 heavy (non-hydrogen) atoms. The first-order valence-electron chi connectivity index (χ1n) is 6.53. The molecule has 1 aromatic carbocycles. The molecule has 0 aliphatic carbocycles. The average Bonchev–Trinajstić information content (AvgIpc) is 2.41. The summed E-state index contributed by atoms with van der Waals surface area (Å²) in [6.45, 7) is 5.38. The fourth-order valence-electron chi connectivity index (χ4n) is 2.12. The zero-order valence-electron chi connectivity index (χ0n) is 11.1. The molecule has 0 fully saturated rings. The number of hydrogen-bond acceptors (Lipinski definition) is 2. The predicted octanol–water partition coefficient (Wildman–Crippen LogP) is 3.29. The van der Waals surface area contributed by atoms with E-state index < -0.39 is 0 Å². The number of nitrogens with zero attached hydrogens (tertiary/aromatic N) is 1. The molecule has 0 saturated heterocycles. The molecule has 1 atom stereocenters. The minimum Gasteiger partial charge on any atom is -0.314 e. The summed E-state index contributed by atoms with van der Waals surface area (Å²) < 4.78 is 0. The lowest BCUT2D eigenvalue weighted by Crippen LogP contribution is -2.27. The van der Waals surface area contributed by atoms with Crippen LogP contribution in [-0.2, 0) is 6.42 Å². The highest BCUT2D eigenvalue weighted by atomic mass is 14.9. The van der Waals surface area contributed by atoms with E-state index in [0.29, 0.717) is 6.04 Å². The second-order valence-corrected chi connectivity index (χ2v) is 4.57. The quantitative estimate of drug-likeness (QED) is 0.867. The summed E-state index contributed by atoms with van der Waals surface area (Å²) in [5.41, 5.74) is 3.57. The third-order valence-corrected chi connectivity index (χ3v) is 3.01. The Labute approximate surface area is 109 Å². The number of hydrogen-bond donors (Lipinski definition) is 1. The fourth-order valence-corrected chi connectivity index (χ4v) is 2.12. The van der Waals surface area contributed by atoms with Gasteiger partial charge < -0.3 is 5.32 Å². The highest BCUT2D eigenvalue weighted by molar-refractivity contribution is 5.58. The molecular weight excluding hydrogens is 220 g/mol. The summed E-state index contributed by atoms with van der Waals surface area (Å²) in [6.07, 6.45) is 2.90. The second kappa shape index (κ2) is 6.31. The Morgan fingerprint density at radius 1 is 1.11 bits per heavy atom. The first kappa shape index (κ1) is 12.8. The molecule has 0 amide bonds. The van der Waals surface area contributed by atoms with Gasteiger partial charge in [0.15, 0.2) is 0 Å². The van der Waals surface area contributed by atoms with Crippen molar-refractivity contribution < 1.29 is 0 Å². The van der Waals surface area contributed by atoms with E-state index in [-0.39, 0.29) is 0 Å². The van der Waals surface area contributed by atoms with Gasteiger partial charge >= 0.3 is 0 Å². The lowest BCUT2D eigenvalue weighted by Gasteiger charge is -2.12. The molecule has 0 spiro atoms. The Morgan fingerprint density at radius 3 is 2.50 bits per heavy atom. The molecular formula is C16H20N2. The molecule has 0 aliphatic heterocycles. The maximum atomic E-state index is 4.36. The lowest BCUT2D eigenvalue weighted by molar-refractivity contribution is 0.565. The van der Waals surface area contributed by atoms with E-state index in [1.807, 2.05) is 24.4 Å². The Hall–Kier alpha value is -1.67. The Balaban J connectivity index is 2.06. The summed E-state index contributed by atoms with van der Waals surface area (Å²) in [5.74, 6) is 0. The van der Waals surface area contributed by atoms with E-state index in [2.05, 4.69) is 48.4 Å². The lowest BCUT2D eigenvalue weighted by atomic mass is 10.0. The van der Waals surface area contributed by atoms with Gasteiger partial charge in [-0.3, -0.25) is 4.98 Å². The highest BCUT2D eigenvalue weighted by Gasteiger charge is 2.02. The van der Waals surface area contributed by atoms with Crippen molar-refractivity contribution in [1.82, 2.24) is 10.3 Å². The SMILES string of the molecule is CCNC(C)Cc1ccc(-c2ccccn2)cc1. The number of pyridine rings is 1. The summed E-state index contributed by atoms with van der Waals surface area (Å²) in [4.78, 5) is 4.36.